The van der Waals surface area contributed by atoms with Gasteiger partial charge in [0.25, 0.3) is 5.91 Å². The van der Waals surface area contributed by atoms with Crippen LogP contribution in [0, 0.1) is 6.92 Å². The average Bonchev–Trinajstić information content (AvgIpc) is 3.18. The van der Waals surface area contributed by atoms with Crippen molar-refractivity contribution in [2.24, 2.45) is 0 Å². The smallest absolute Gasteiger partial charge is 0.323 e. The molecule has 2 saturated heterocycles. The highest BCUT2D eigenvalue weighted by Crippen LogP contribution is 2.39. The number of aliphatic hydroxyl groups excluding tert-OH is 1. The first kappa shape index (κ1) is 26.3. The van der Waals surface area contributed by atoms with E-state index >= 15 is 0 Å². The number of piperidine rings is 1. The van der Waals surface area contributed by atoms with E-state index in [4.69, 9.17) is 13.9 Å². The van der Waals surface area contributed by atoms with Crippen LogP contribution in [0.25, 0.3) is 11.0 Å². The zero-order valence-corrected chi connectivity index (χ0v) is 22.4. The monoisotopic (exact) mass is 520 g/mol. The van der Waals surface area contributed by atoms with Crippen LogP contribution in [0.15, 0.2) is 52.9 Å². The molecule has 4 atom stereocenters. The Bertz CT molecular complexity index is 1310. The van der Waals surface area contributed by atoms with Crippen LogP contribution in [0.1, 0.15) is 61.7 Å². The number of furan rings is 1. The maximum Gasteiger partial charge on any atom is 0.323 e. The van der Waals surface area contributed by atoms with Gasteiger partial charge in [-0.05, 0) is 70.7 Å². The Labute approximate surface area is 222 Å². The quantitative estimate of drug-likeness (QED) is 0.447. The molecule has 38 heavy (non-hydrogen) atoms. The first-order valence-corrected chi connectivity index (χ1v) is 13.2. The van der Waals surface area contributed by atoms with Gasteiger partial charge in [0, 0.05) is 23.5 Å². The SMILES string of the molecule is Cc1oc2ccc(OCc3ccccc3)cc2c1C(=O)N[C@H]1CC2CC(C(=O)OC(C)(C)C)N2[C@H](CO)C1. The van der Waals surface area contributed by atoms with Crippen LogP contribution < -0.4 is 10.1 Å². The summed E-state index contributed by atoms with van der Waals surface area (Å²) in [6.07, 6.45) is 1.92. The minimum atomic E-state index is -0.555. The molecule has 0 spiro atoms. The van der Waals surface area contributed by atoms with Gasteiger partial charge >= 0.3 is 5.97 Å². The van der Waals surface area contributed by atoms with Crippen molar-refractivity contribution in [3.8, 4) is 5.75 Å². The van der Waals surface area contributed by atoms with E-state index in [9.17, 15) is 14.7 Å². The van der Waals surface area contributed by atoms with E-state index in [1.165, 1.54) is 0 Å². The Balaban J connectivity index is 1.26. The second-order valence-corrected chi connectivity index (χ2v) is 11.3. The van der Waals surface area contributed by atoms with Crippen LogP contribution in [-0.4, -0.2) is 58.3 Å². The van der Waals surface area contributed by atoms with Gasteiger partial charge < -0.3 is 24.3 Å². The van der Waals surface area contributed by atoms with Gasteiger partial charge in [0.05, 0.1) is 12.2 Å². The van der Waals surface area contributed by atoms with Crippen molar-refractivity contribution in [1.82, 2.24) is 10.2 Å². The first-order valence-electron chi connectivity index (χ1n) is 13.2. The van der Waals surface area contributed by atoms with Crippen LogP contribution in [0.2, 0.25) is 0 Å². The maximum absolute atomic E-state index is 13.5. The number of ether oxygens (including phenoxy) is 2. The topological polar surface area (TPSA) is 101 Å². The summed E-state index contributed by atoms with van der Waals surface area (Å²) in [4.78, 5) is 28.2. The molecule has 3 heterocycles. The molecule has 0 saturated carbocycles. The lowest BCUT2D eigenvalue weighted by atomic mass is 9.79. The summed E-state index contributed by atoms with van der Waals surface area (Å²) in [6, 6.07) is 14.9. The number of carbonyl (C=O) groups excluding carboxylic acids is 2. The van der Waals surface area contributed by atoms with E-state index in [1.54, 1.807) is 6.92 Å². The Morgan fingerprint density at radius 3 is 2.58 bits per heavy atom. The average molecular weight is 521 g/mol. The number of esters is 1. The summed E-state index contributed by atoms with van der Waals surface area (Å²) in [6.45, 7) is 7.69. The van der Waals surface area contributed by atoms with Gasteiger partial charge in [-0.2, -0.15) is 0 Å². The number of aryl methyl sites for hydroxylation is 1. The fraction of sp³-hybridized carbons (Fsp3) is 0.467. The van der Waals surface area contributed by atoms with Crippen molar-refractivity contribution >= 4 is 22.8 Å². The number of carbonyl (C=O) groups is 2. The van der Waals surface area contributed by atoms with Gasteiger partial charge in [0.2, 0.25) is 0 Å². The standard InChI is InChI=1S/C30H36N2O6/c1-18-27(24-15-23(10-11-26(24)37-18)36-17-19-8-6-5-7-9-19)28(34)31-20-12-21-14-25(29(35)38-30(2,3)4)32(21)22(13-20)16-33/h5-11,15,20-22,25,33H,12-14,16-17H2,1-4H3,(H,31,34)/t20-,21?,22-,25?/m0/s1. The van der Waals surface area contributed by atoms with E-state index in [0.29, 0.717) is 53.9 Å². The normalized spacial score (nSPS) is 23.4. The van der Waals surface area contributed by atoms with Gasteiger partial charge in [-0.15, -0.1) is 0 Å². The lowest BCUT2D eigenvalue weighted by Gasteiger charge is -2.55. The summed E-state index contributed by atoms with van der Waals surface area (Å²) in [5.41, 5.74) is 1.62. The minimum absolute atomic E-state index is 0.0854. The van der Waals surface area contributed by atoms with Crippen LogP contribution in [0.4, 0.5) is 0 Å². The van der Waals surface area contributed by atoms with E-state index in [0.717, 1.165) is 5.56 Å². The Morgan fingerprint density at radius 1 is 1.11 bits per heavy atom. The molecule has 202 valence electrons. The molecule has 5 rings (SSSR count). The zero-order chi connectivity index (χ0) is 27.0. The van der Waals surface area contributed by atoms with Crippen LogP contribution >= 0.6 is 0 Å². The summed E-state index contributed by atoms with van der Waals surface area (Å²) in [7, 11) is 0. The lowest BCUT2D eigenvalue weighted by Crippen LogP contribution is -2.69. The predicted molar refractivity (Wildman–Crippen MR) is 143 cm³/mol. The number of hydrogen-bond acceptors (Lipinski definition) is 7. The molecule has 2 fully saturated rings. The number of nitrogens with one attached hydrogen (secondary N) is 1. The molecular weight excluding hydrogens is 484 g/mol. The number of hydrogen-bond donors (Lipinski definition) is 2. The molecule has 0 aliphatic carbocycles. The molecule has 2 aliphatic rings. The minimum Gasteiger partial charge on any atom is -0.489 e. The highest BCUT2D eigenvalue weighted by Gasteiger charge is 2.51. The number of amides is 1. The number of aliphatic hydroxyl groups is 1. The molecule has 2 aliphatic heterocycles. The summed E-state index contributed by atoms with van der Waals surface area (Å²) >= 11 is 0. The second kappa shape index (κ2) is 10.4. The first-order chi connectivity index (χ1) is 18.1. The molecular formula is C30H36N2O6. The molecule has 3 aromatic rings. The summed E-state index contributed by atoms with van der Waals surface area (Å²) in [5, 5.41) is 14.0. The lowest BCUT2D eigenvalue weighted by molar-refractivity contribution is -0.178. The van der Waals surface area contributed by atoms with Gasteiger partial charge in [-0.25, -0.2) is 0 Å². The molecule has 2 aromatic carbocycles. The van der Waals surface area contributed by atoms with E-state index in [2.05, 4.69) is 10.2 Å². The summed E-state index contributed by atoms with van der Waals surface area (Å²) < 4.78 is 17.4. The van der Waals surface area contributed by atoms with E-state index in [-0.39, 0.29) is 42.7 Å². The van der Waals surface area contributed by atoms with Gasteiger partial charge in [-0.3, -0.25) is 14.5 Å². The number of benzene rings is 2. The number of fused-ring (bicyclic) bond motifs is 2. The van der Waals surface area contributed by atoms with Crippen LogP contribution in [0.3, 0.4) is 0 Å². The summed E-state index contributed by atoms with van der Waals surface area (Å²) in [5.74, 6) is 0.745. The molecule has 1 amide bonds. The van der Waals surface area contributed by atoms with Crippen molar-refractivity contribution in [2.75, 3.05) is 6.61 Å². The molecule has 8 nitrogen and oxygen atoms in total. The van der Waals surface area contributed by atoms with E-state index in [1.807, 2.05) is 69.3 Å². The molecule has 1 aromatic heterocycles. The second-order valence-electron chi connectivity index (χ2n) is 11.3. The third kappa shape index (κ3) is 5.42. The Morgan fingerprint density at radius 2 is 1.87 bits per heavy atom. The molecule has 2 unspecified atom stereocenters. The number of rotatable bonds is 7. The van der Waals surface area contributed by atoms with Crippen molar-refractivity contribution in [2.45, 2.75) is 83.3 Å². The van der Waals surface area contributed by atoms with Crippen molar-refractivity contribution in [3.05, 3.63) is 65.4 Å². The van der Waals surface area contributed by atoms with Crippen molar-refractivity contribution in [1.29, 1.82) is 0 Å². The third-order valence-corrected chi connectivity index (χ3v) is 7.35. The van der Waals surface area contributed by atoms with Gasteiger partial charge in [0.1, 0.15) is 35.3 Å². The molecule has 2 N–H and O–H groups in total. The molecule has 8 heteroatoms. The van der Waals surface area contributed by atoms with Crippen LogP contribution in [-0.2, 0) is 16.1 Å². The van der Waals surface area contributed by atoms with Gasteiger partial charge in [0.15, 0.2) is 0 Å². The number of nitrogens with zero attached hydrogens (tertiary/aromatic N) is 1. The predicted octanol–water partition coefficient (Wildman–Crippen LogP) is 4.36. The Kier molecular flexibility index (Phi) is 7.20. The van der Waals surface area contributed by atoms with Crippen molar-refractivity contribution in [3.63, 3.8) is 0 Å². The highest BCUT2D eigenvalue weighted by molar-refractivity contribution is 6.07. The largest absolute Gasteiger partial charge is 0.489 e. The zero-order valence-electron chi connectivity index (χ0n) is 22.4. The fourth-order valence-corrected chi connectivity index (χ4v) is 5.71. The van der Waals surface area contributed by atoms with E-state index < -0.39 is 5.60 Å². The highest BCUT2D eigenvalue weighted by atomic mass is 16.6. The Hall–Kier alpha value is -3.36. The van der Waals surface area contributed by atoms with Crippen molar-refractivity contribution < 1.29 is 28.6 Å². The molecule has 0 bridgehead atoms. The maximum atomic E-state index is 13.5. The molecule has 0 radical (unpaired) electrons. The third-order valence-electron chi connectivity index (χ3n) is 7.35. The van der Waals surface area contributed by atoms with Gasteiger partial charge in [-0.1, -0.05) is 30.3 Å². The fourth-order valence-electron chi connectivity index (χ4n) is 5.71. The van der Waals surface area contributed by atoms with Crippen LogP contribution in [0.5, 0.6) is 5.75 Å².